The van der Waals surface area contributed by atoms with Crippen molar-refractivity contribution in [2.75, 3.05) is 12.4 Å². The lowest BCUT2D eigenvalue weighted by Crippen LogP contribution is -2.45. The number of rotatable bonds is 8. The van der Waals surface area contributed by atoms with Crippen molar-refractivity contribution in [2.45, 2.75) is 31.2 Å². The molecule has 1 amide bonds. The molecule has 0 saturated heterocycles. The maximum absolute atomic E-state index is 13.2. The van der Waals surface area contributed by atoms with Gasteiger partial charge < -0.3 is 10.1 Å². The monoisotopic (exact) mass is 472 g/mol. The van der Waals surface area contributed by atoms with E-state index in [4.69, 9.17) is 16.3 Å². The number of sulfonamides is 1. The van der Waals surface area contributed by atoms with Crippen molar-refractivity contribution >= 4 is 33.2 Å². The van der Waals surface area contributed by atoms with Crippen LogP contribution >= 0.6 is 11.6 Å². The zero-order valence-electron chi connectivity index (χ0n) is 18.1. The first kappa shape index (κ1) is 23.8. The summed E-state index contributed by atoms with van der Waals surface area (Å²) in [5.41, 5.74) is 3.27. The molecule has 2 N–H and O–H groups in total. The number of carbonyl (C=O) groups is 1. The minimum atomic E-state index is -4.04. The summed E-state index contributed by atoms with van der Waals surface area (Å²) in [6.45, 7) is 3.77. The van der Waals surface area contributed by atoms with Crippen molar-refractivity contribution < 1.29 is 17.9 Å². The Morgan fingerprint density at radius 1 is 1.00 bits per heavy atom. The Labute approximate surface area is 193 Å². The Balaban J connectivity index is 1.92. The van der Waals surface area contributed by atoms with Crippen LogP contribution < -0.4 is 14.8 Å². The Hall–Kier alpha value is -2.87. The number of anilines is 1. The number of amides is 1. The van der Waals surface area contributed by atoms with Gasteiger partial charge in [0.15, 0.2) is 0 Å². The zero-order valence-corrected chi connectivity index (χ0v) is 19.6. The quantitative estimate of drug-likeness (QED) is 0.505. The molecule has 3 aromatic rings. The van der Waals surface area contributed by atoms with Gasteiger partial charge in [0.25, 0.3) is 0 Å². The standard InChI is InChI=1S/C24H25ClN2O4S/c1-16-8-7-9-17(2)23(16)26-24(28)21(14-18-10-5-4-6-11-18)27-32(29,30)19-12-13-22(31-3)20(25)15-19/h4-13,15,21,27H,14H2,1-3H3,(H,26,28)/t21-/m0/s1. The van der Waals surface area contributed by atoms with E-state index in [0.29, 0.717) is 11.4 Å². The normalized spacial score (nSPS) is 12.2. The molecule has 6 nitrogen and oxygen atoms in total. The summed E-state index contributed by atoms with van der Waals surface area (Å²) < 4.78 is 33.8. The van der Waals surface area contributed by atoms with E-state index in [1.165, 1.54) is 25.3 Å². The third-order valence-electron chi connectivity index (χ3n) is 5.06. The summed E-state index contributed by atoms with van der Waals surface area (Å²) in [5.74, 6) is -0.0892. The number of benzene rings is 3. The van der Waals surface area contributed by atoms with Crippen LogP contribution in [-0.2, 0) is 21.2 Å². The van der Waals surface area contributed by atoms with Crippen molar-refractivity contribution in [2.24, 2.45) is 0 Å². The van der Waals surface area contributed by atoms with E-state index in [1.807, 2.05) is 62.4 Å². The van der Waals surface area contributed by atoms with Crippen LogP contribution in [0.3, 0.4) is 0 Å². The predicted octanol–water partition coefficient (Wildman–Crippen LogP) is 4.49. The van der Waals surface area contributed by atoms with Gasteiger partial charge in [-0.15, -0.1) is 0 Å². The van der Waals surface area contributed by atoms with Gasteiger partial charge in [-0.2, -0.15) is 4.72 Å². The maximum atomic E-state index is 13.2. The van der Waals surface area contributed by atoms with Gasteiger partial charge in [0, 0.05) is 5.69 Å². The van der Waals surface area contributed by atoms with Gasteiger partial charge in [-0.05, 0) is 55.2 Å². The average Bonchev–Trinajstić information content (AvgIpc) is 2.76. The number of hydrogen-bond acceptors (Lipinski definition) is 4. The average molecular weight is 473 g/mol. The highest BCUT2D eigenvalue weighted by atomic mass is 35.5. The molecule has 0 heterocycles. The van der Waals surface area contributed by atoms with Gasteiger partial charge in [0.1, 0.15) is 11.8 Å². The number of hydrogen-bond donors (Lipinski definition) is 2. The summed E-state index contributed by atoms with van der Waals surface area (Å²) in [4.78, 5) is 13.2. The first-order chi connectivity index (χ1) is 15.2. The fourth-order valence-electron chi connectivity index (χ4n) is 3.33. The van der Waals surface area contributed by atoms with Gasteiger partial charge in [0.05, 0.1) is 17.0 Å². The van der Waals surface area contributed by atoms with E-state index in [1.54, 1.807) is 0 Å². The molecule has 3 aromatic carbocycles. The number of methoxy groups -OCH3 is 1. The minimum Gasteiger partial charge on any atom is -0.495 e. The van der Waals surface area contributed by atoms with Crippen LogP contribution in [-0.4, -0.2) is 27.5 Å². The van der Waals surface area contributed by atoms with Crippen molar-refractivity contribution in [1.29, 1.82) is 0 Å². The number of halogens is 1. The Morgan fingerprint density at radius 2 is 1.66 bits per heavy atom. The van der Waals surface area contributed by atoms with Crippen LogP contribution in [0.15, 0.2) is 71.6 Å². The Bertz CT molecular complexity index is 1190. The summed E-state index contributed by atoms with van der Waals surface area (Å²) in [5, 5.41) is 3.05. The topological polar surface area (TPSA) is 84.5 Å². The van der Waals surface area contributed by atoms with Gasteiger partial charge in [-0.1, -0.05) is 60.1 Å². The van der Waals surface area contributed by atoms with E-state index in [0.717, 1.165) is 16.7 Å². The third kappa shape index (κ3) is 5.68. The molecule has 8 heteroatoms. The van der Waals surface area contributed by atoms with E-state index in [-0.39, 0.29) is 16.3 Å². The van der Waals surface area contributed by atoms with Crippen molar-refractivity contribution in [3.63, 3.8) is 0 Å². The molecule has 0 aliphatic heterocycles. The minimum absolute atomic E-state index is 0.0544. The van der Waals surface area contributed by atoms with Crippen LogP contribution in [0, 0.1) is 13.8 Å². The fraction of sp³-hybridized carbons (Fsp3) is 0.208. The molecule has 1 atom stereocenters. The van der Waals surface area contributed by atoms with E-state index in [9.17, 15) is 13.2 Å². The molecular weight excluding hydrogens is 448 g/mol. The van der Waals surface area contributed by atoms with Gasteiger partial charge in [0.2, 0.25) is 15.9 Å². The highest BCUT2D eigenvalue weighted by molar-refractivity contribution is 7.89. The second-order valence-electron chi connectivity index (χ2n) is 7.42. The molecule has 0 spiro atoms. The number of nitrogens with one attached hydrogen (secondary N) is 2. The number of ether oxygens (including phenoxy) is 1. The lowest BCUT2D eigenvalue weighted by molar-refractivity contribution is -0.117. The first-order valence-corrected chi connectivity index (χ1v) is 11.8. The molecule has 0 aliphatic rings. The van der Waals surface area contributed by atoms with Crippen LogP contribution in [0.2, 0.25) is 5.02 Å². The van der Waals surface area contributed by atoms with Gasteiger partial charge in [-0.3, -0.25) is 4.79 Å². The van der Waals surface area contributed by atoms with Crippen molar-refractivity contribution in [1.82, 2.24) is 4.72 Å². The summed E-state index contributed by atoms with van der Waals surface area (Å²) >= 11 is 6.11. The molecule has 0 aromatic heterocycles. The third-order valence-corrected chi connectivity index (χ3v) is 6.82. The molecule has 3 rings (SSSR count). The zero-order chi connectivity index (χ0) is 23.3. The molecule has 32 heavy (non-hydrogen) atoms. The van der Waals surface area contributed by atoms with Crippen LogP contribution in [0.1, 0.15) is 16.7 Å². The number of para-hydroxylation sites is 1. The smallest absolute Gasteiger partial charge is 0.242 e. The highest BCUT2D eigenvalue weighted by Gasteiger charge is 2.27. The van der Waals surface area contributed by atoms with E-state index >= 15 is 0 Å². The number of carbonyl (C=O) groups excluding carboxylic acids is 1. The molecule has 0 unspecified atom stereocenters. The largest absolute Gasteiger partial charge is 0.495 e. The SMILES string of the molecule is COc1ccc(S(=O)(=O)N[C@@H](Cc2ccccc2)C(=O)Nc2c(C)cccc2C)cc1Cl. The first-order valence-electron chi connectivity index (χ1n) is 9.98. The predicted molar refractivity (Wildman–Crippen MR) is 127 cm³/mol. The molecule has 0 saturated carbocycles. The Kier molecular flexibility index (Phi) is 7.56. The second kappa shape index (κ2) is 10.2. The fourth-order valence-corrected chi connectivity index (χ4v) is 4.87. The second-order valence-corrected chi connectivity index (χ2v) is 9.54. The molecular formula is C24H25ClN2O4S. The lowest BCUT2D eigenvalue weighted by atomic mass is 10.0. The molecule has 0 bridgehead atoms. The van der Waals surface area contributed by atoms with E-state index in [2.05, 4.69) is 10.0 Å². The van der Waals surface area contributed by atoms with Crippen LogP contribution in [0.4, 0.5) is 5.69 Å². The maximum Gasteiger partial charge on any atom is 0.242 e. The van der Waals surface area contributed by atoms with Crippen molar-refractivity contribution in [3.05, 3.63) is 88.4 Å². The van der Waals surface area contributed by atoms with Crippen molar-refractivity contribution in [3.8, 4) is 5.75 Å². The summed E-state index contributed by atoms with van der Waals surface area (Å²) in [7, 11) is -2.59. The molecule has 0 fully saturated rings. The molecule has 0 radical (unpaired) electrons. The van der Waals surface area contributed by atoms with Gasteiger partial charge in [-0.25, -0.2) is 8.42 Å². The number of aryl methyl sites for hydroxylation is 2. The van der Waals surface area contributed by atoms with E-state index < -0.39 is 22.0 Å². The molecule has 168 valence electrons. The van der Waals surface area contributed by atoms with Crippen LogP contribution in [0.5, 0.6) is 5.75 Å². The summed E-state index contributed by atoms with van der Waals surface area (Å²) in [6.07, 6.45) is 0.181. The molecule has 0 aliphatic carbocycles. The van der Waals surface area contributed by atoms with Crippen LogP contribution in [0.25, 0.3) is 0 Å². The Morgan fingerprint density at radius 3 is 2.25 bits per heavy atom. The summed E-state index contributed by atoms with van der Waals surface area (Å²) in [6, 6.07) is 18.0. The highest BCUT2D eigenvalue weighted by Crippen LogP contribution is 2.27. The lowest BCUT2D eigenvalue weighted by Gasteiger charge is -2.20. The van der Waals surface area contributed by atoms with Gasteiger partial charge >= 0.3 is 0 Å².